The zero-order valence-corrected chi connectivity index (χ0v) is 8.72. The van der Waals surface area contributed by atoms with E-state index in [1.165, 1.54) is 0 Å². The third-order valence-electron chi connectivity index (χ3n) is 2.46. The third kappa shape index (κ3) is 2.64. The van der Waals surface area contributed by atoms with Crippen LogP contribution in [0.2, 0.25) is 0 Å². The van der Waals surface area contributed by atoms with E-state index in [0.717, 1.165) is 44.2 Å². The maximum atomic E-state index is 5.47. The number of aromatic nitrogens is 2. The van der Waals surface area contributed by atoms with Gasteiger partial charge in [0.05, 0.1) is 12.3 Å². The van der Waals surface area contributed by atoms with Gasteiger partial charge in [0.2, 0.25) is 0 Å². The van der Waals surface area contributed by atoms with E-state index in [2.05, 4.69) is 15.1 Å². The Balaban J connectivity index is 2.06. The van der Waals surface area contributed by atoms with E-state index in [9.17, 15) is 0 Å². The molecule has 0 radical (unpaired) electrons. The molecule has 0 bridgehead atoms. The Hall–Kier alpha value is -1.20. The summed E-state index contributed by atoms with van der Waals surface area (Å²) in [7, 11) is 0. The van der Waals surface area contributed by atoms with Crippen LogP contribution in [0.4, 0.5) is 5.82 Å². The van der Waals surface area contributed by atoms with Crippen LogP contribution in [0.5, 0.6) is 0 Å². The highest BCUT2D eigenvalue weighted by Gasteiger charge is 2.11. The lowest BCUT2D eigenvalue weighted by molar-refractivity contribution is 0.152. The monoisotopic (exact) mass is 208 g/mol. The summed E-state index contributed by atoms with van der Waals surface area (Å²) < 4.78 is 5.38. The molecule has 2 rings (SSSR count). The van der Waals surface area contributed by atoms with Crippen LogP contribution in [-0.2, 0) is 11.3 Å². The first-order valence-corrected chi connectivity index (χ1v) is 5.25. The molecule has 82 valence electrons. The molecule has 1 aromatic heterocycles. The number of nitrogens with zero attached hydrogens (tertiary/aromatic N) is 3. The second kappa shape index (κ2) is 5.04. The molecule has 1 aliphatic rings. The number of hydrogen-bond donors (Lipinski definition) is 1. The molecule has 2 heterocycles. The van der Waals surface area contributed by atoms with Crippen LogP contribution >= 0.6 is 0 Å². The fourth-order valence-corrected chi connectivity index (χ4v) is 1.61. The van der Waals surface area contributed by atoms with Crippen molar-refractivity contribution in [2.75, 3.05) is 31.2 Å². The molecule has 5 nitrogen and oxygen atoms in total. The molecule has 15 heavy (non-hydrogen) atoms. The van der Waals surface area contributed by atoms with Gasteiger partial charge in [-0.25, -0.2) is 0 Å². The molecule has 1 aliphatic heterocycles. The Bertz CT molecular complexity index is 293. The van der Waals surface area contributed by atoms with Crippen molar-refractivity contribution in [1.29, 1.82) is 0 Å². The van der Waals surface area contributed by atoms with E-state index in [4.69, 9.17) is 10.5 Å². The average Bonchev–Trinajstić information content (AvgIpc) is 2.58. The van der Waals surface area contributed by atoms with E-state index >= 15 is 0 Å². The van der Waals surface area contributed by atoms with Crippen molar-refractivity contribution in [2.45, 2.75) is 13.0 Å². The predicted octanol–water partition coefficient (Wildman–Crippen LogP) is 0.162. The zero-order valence-electron chi connectivity index (χ0n) is 8.72. The Morgan fingerprint density at radius 3 is 2.93 bits per heavy atom. The second-order valence-corrected chi connectivity index (χ2v) is 3.54. The van der Waals surface area contributed by atoms with Crippen LogP contribution in [0.3, 0.4) is 0 Å². The average molecular weight is 208 g/mol. The summed E-state index contributed by atoms with van der Waals surface area (Å²) in [5.41, 5.74) is 6.29. The molecule has 1 aromatic rings. The van der Waals surface area contributed by atoms with Crippen LogP contribution in [0.15, 0.2) is 12.1 Å². The van der Waals surface area contributed by atoms with Gasteiger partial charge in [-0.3, -0.25) is 0 Å². The molecule has 0 aliphatic carbocycles. The molecule has 0 aromatic carbocycles. The van der Waals surface area contributed by atoms with Crippen LogP contribution in [0, 0.1) is 0 Å². The summed E-state index contributed by atoms with van der Waals surface area (Å²) >= 11 is 0. The van der Waals surface area contributed by atoms with Crippen molar-refractivity contribution in [3.8, 4) is 0 Å². The summed E-state index contributed by atoms with van der Waals surface area (Å²) in [6, 6.07) is 3.90. The van der Waals surface area contributed by atoms with Crippen LogP contribution < -0.4 is 10.6 Å². The minimum absolute atomic E-state index is 0.441. The van der Waals surface area contributed by atoms with Gasteiger partial charge in [-0.1, -0.05) is 0 Å². The Morgan fingerprint density at radius 1 is 1.27 bits per heavy atom. The highest BCUT2D eigenvalue weighted by atomic mass is 16.5. The fraction of sp³-hybridized carbons (Fsp3) is 0.600. The normalized spacial score (nSPS) is 17.5. The molecule has 1 fully saturated rings. The van der Waals surface area contributed by atoms with E-state index < -0.39 is 0 Å². The molecule has 0 amide bonds. The van der Waals surface area contributed by atoms with Crippen molar-refractivity contribution >= 4 is 5.82 Å². The van der Waals surface area contributed by atoms with Gasteiger partial charge in [-0.05, 0) is 18.6 Å². The molecule has 2 N–H and O–H groups in total. The summed E-state index contributed by atoms with van der Waals surface area (Å²) in [5, 5.41) is 8.20. The predicted molar refractivity (Wildman–Crippen MR) is 57.6 cm³/mol. The van der Waals surface area contributed by atoms with Gasteiger partial charge in [-0.15, -0.1) is 5.10 Å². The molecular weight excluding hydrogens is 192 g/mol. The van der Waals surface area contributed by atoms with Crippen molar-refractivity contribution in [3.63, 3.8) is 0 Å². The molecule has 5 heteroatoms. The molecule has 1 saturated heterocycles. The smallest absolute Gasteiger partial charge is 0.151 e. The maximum Gasteiger partial charge on any atom is 0.151 e. The van der Waals surface area contributed by atoms with E-state index in [1.54, 1.807) is 0 Å². The number of hydrogen-bond acceptors (Lipinski definition) is 5. The van der Waals surface area contributed by atoms with Crippen LogP contribution in [0.1, 0.15) is 12.1 Å². The van der Waals surface area contributed by atoms with Gasteiger partial charge >= 0.3 is 0 Å². The van der Waals surface area contributed by atoms with E-state index in [0.29, 0.717) is 6.54 Å². The van der Waals surface area contributed by atoms with Crippen molar-refractivity contribution in [3.05, 3.63) is 17.8 Å². The van der Waals surface area contributed by atoms with Gasteiger partial charge in [0, 0.05) is 26.2 Å². The SMILES string of the molecule is NCc1ccc(N2CCCOCC2)nn1. The van der Waals surface area contributed by atoms with Gasteiger partial charge < -0.3 is 15.4 Å². The standard InChI is InChI=1S/C10H16N4O/c11-8-9-2-3-10(13-12-9)14-4-1-6-15-7-5-14/h2-3H,1,4-8,11H2. The first kappa shape index (κ1) is 10.3. The van der Waals surface area contributed by atoms with Crippen molar-refractivity contribution in [2.24, 2.45) is 5.73 Å². The van der Waals surface area contributed by atoms with Crippen molar-refractivity contribution in [1.82, 2.24) is 10.2 Å². The zero-order chi connectivity index (χ0) is 10.5. The maximum absolute atomic E-state index is 5.47. The van der Waals surface area contributed by atoms with Gasteiger partial charge in [0.25, 0.3) is 0 Å². The molecule has 0 atom stereocenters. The third-order valence-corrected chi connectivity index (χ3v) is 2.46. The topological polar surface area (TPSA) is 64.3 Å². The van der Waals surface area contributed by atoms with Crippen molar-refractivity contribution < 1.29 is 4.74 Å². The number of ether oxygens (including phenoxy) is 1. The molecular formula is C10H16N4O. The van der Waals surface area contributed by atoms with E-state index in [1.807, 2.05) is 12.1 Å². The Kier molecular flexibility index (Phi) is 3.47. The lowest BCUT2D eigenvalue weighted by Crippen LogP contribution is -2.27. The molecule has 0 saturated carbocycles. The minimum atomic E-state index is 0.441. The van der Waals surface area contributed by atoms with E-state index in [-0.39, 0.29) is 0 Å². The lowest BCUT2D eigenvalue weighted by Gasteiger charge is -2.19. The number of rotatable bonds is 2. The van der Waals surface area contributed by atoms with Gasteiger partial charge in [-0.2, -0.15) is 5.10 Å². The summed E-state index contributed by atoms with van der Waals surface area (Å²) in [6.45, 7) is 3.91. The Morgan fingerprint density at radius 2 is 2.20 bits per heavy atom. The first-order chi connectivity index (χ1) is 7.40. The molecule has 0 unspecified atom stereocenters. The van der Waals surface area contributed by atoms with Gasteiger partial charge in [0.1, 0.15) is 0 Å². The summed E-state index contributed by atoms with van der Waals surface area (Å²) in [6.07, 6.45) is 1.04. The summed E-state index contributed by atoms with van der Waals surface area (Å²) in [5.74, 6) is 0.915. The lowest BCUT2D eigenvalue weighted by atomic mass is 10.3. The molecule has 0 spiro atoms. The minimum Gasteiger partial charge on any atom is -0.380 e. The largest absolute Gasteiger partial charge is 0.380 e. The highest BCUT2D eigenvalue weighted by molar-refractivity contribution is 5.37. The first-order valence-electron chi connectivity index (χ1n) is 5.25. The van der Waals surface area contributed by atoms with Crippen LogP contribution in [0.25, 0.3) is 0 Å². The quantitative estimate of drug-likeness (QED) is 0.750. The van der Waals surface area contributed by atoms with Gasteiger partial charge in [0.15, 0.2) is 5.82 Å². The Labute approximate surface area is 89.2 Å². The second-order valence-electron chi connectivity index (χ2n) is 3.54. The summed E-state index contributed by atoms with van der Waals surface area (Å²) in [4.78, 5) is 2.19. The fourth-order valence-electron chi connectivity index (χ4n) is 1.61. The van der Waals surface area contributed by atoms with Crippen LogP contribution in [-0.4, -0.2) is 36.5 Å². The number of anilines is 1. The number of nitrogens with two attached hydrogens (primary N) is 1. The highest BCUT2D eigenvalue weighted by Crippen LogP contribution is 2.11.